The topological polar surface area (TPSA) is 280 Å². The molecule has 0 spiro atoms. The summed E-state index contributed by atoms with van der Waals surface area (Å²) in [5, 5.41) is 100. The minimum Gasteiger partial charge on any atom is -0.507 e. The van der Waals surface area contributed by atoms with E-state index in [-0.39, 0.29) is 17.5 Å². The molecule has 1 atom stereocenters. The standard InChI is InChI=1S/C25H19NO13/c26-9(23(34)35)4-6-1-2-10(27)7(3-6)13-20(31)17-16(22(33)21(13)32)18(29)8-5-11(28)14(24(36)37)15(25(38)39)12(8)19(17)30/h1-3,5,9,27-33H,4,26H2,(H,34,35)(H,36,37)(H,38,39). The first kappa shape index (κ1) is 26.4. The quantitative estimate of drug-likeness (QED) is 0.0945. The first-order valence-electron chi connectivity index (χ1n) is 10.8. The second-order valence-corrected chi connectivity index (χ2v) is 8.55. The molecule has 4 aromatic rings. The number of fused-ring (bicyclic) bond motifs is 2. The summed E-state index contributed by atoms with van der Waals surface area (Å²) in [4.78, 5) is 34.8. The number of carbonyl (C=O) groups is 3. The Morgan fingerprint density at radius 3 is 1.82 bits per heavy atom. The summed E-state index contributed by atoms with van der Waals surface area (Å²) >= 11 is 0. The number of carboxylic acids is 3. The monoisotopic (exact) mass is 541 g/mol. The fraction of sp³-hybridized carbons (Fsp3) is 0.0800. The molecule has 0 radical (unpaired) electrons. The molecule has 14 heteroatoms. The Balaban J connectivity index is 2.19. The lowest BCUT2D eigenvalue weighted by molar-refractivity contribution is -0.138. The van der Waals surface area contributed by atoms with Crippen molar-refractivity contribution in [1.29, 1.82) is 0 Å². The zero-order valence-electron chi connectivity index (χ0n) is 19.4. The second-order valence-electron chi connectivity index (χ2n) is 8.55. The van der Waals surface area contributed by atoms with E-state index in [0.717, 1.165) is 12.1 Å². The van der Waals surface area contributed by atoms with Crippen LogP contribution in [0.3, 0.4) is 0 Å². The van der Waals surface area contributed by atoms with Crippen LogP contribution in [0.5, 0.6) is 40.2 Å². The highest BCUT2D eigenvalue weighted by atomic mass is 16.4. The van der Waals surface area contributed by atoms with Crippen LogP contribution in [0.25, 0.3) is 32.7 Å². The summed E-state index contributed by atoms with van der Waals surface area (Å²) in [6.07, 6.45) is -0.260. The molecule has 39 heavy (non-hydrogen) atoms. The maximum Gasteiger partial charge on any atom is 0.340 e. The molecule has 0 fully saturated rings. The molecular weight excluding hydrogens is 522 g/mol. The average molecular weight is 541 g/mol. The highest BCUT2D eigenvalue weighted by Crippen LogP contribution is 2.58. The highest BCUT2D eigenvalue weighted by molar-refractivity contribution is 6.24. The van der Waals surface area contributed by atoms with E-state index in [2.05, 4.69) is 0 Å². The van der Waals surface area contributed by atoms with Gasteiger partial charge in [0, 0.05) is 16.3 Å². The molecule has 0 bridgehead atoms. The third-order valence-corrected chi connectivity index (χ3v) is 6.22. The van der Waals surface area contributed by atoms with Crippen LogP contribution in [0.4, 0.5) is 0 Å². The fourth-order valence-electron chi connectivity index (χ4n) is 4.47. The predicted octanol–water partition coefficient (Wildman–Crippen LogP) is 1.95. The van der Waals surface area contributed by atoms with Gasteiger partial charge in [-0.25, -0.2) is 9.59 Å². The van der Waals surface area contributed by atoms with Crippen molar-refractivity contribution in [2.75, 3.05) is 0 Å². The molecule has 0 saturated heterocycles. The average Bonchev–Trinajstić information content (AvgIpc) is 2.85. The number of phenolic OH excluding ortho intramolecular Hbond substituents is 6. The van der Waals surface area contributed by atoms with E-state index >= 15 is 0 Å². The normalized spacial score (nSPS) is 12.0. The largest absolute Gasteiger partial charge is 0.507 e. The smallest absolute Gasteiger partial charge is 0.340 e. The van der Waals surface area contributed by atoms with Gasteiger partial charge in [0.1, 0.15) is 40.4 Å². The number of carboxylic acid groups (broad SMARTS) is 3. The first-order chi connectivity index (χ1) is 18.2. The Morgan fingerprint density at radius 2 is 1.26 bits per heavy atom. The molecular formula is C25H19NO13. The van der Waals surface area contributed by atoms with Crippen molar-refractivity contribution in [3.8, 4) is 51.4 Å². The van der Waals surface area contributed by atoms with Gasteiger partial charge >= 0.3 is 17.9 Å². The van der Waals surface area contributed by atoms with Gasteiger partial charge in [-0.15, -0.1) is 0 Å². The SMILES string of the molecule is NC(Cc1ccc(O)c(-c2c(O)c(O)c3c(O)c4cc(O)c(C(=O)O)c(C(=O)O)c4c(O)c3c2O)c1)C(=O)O. The Labute approximate surface area is 215 Å². The lowest BCUT2D eigenvalue weighted by Crippen LogP contribution is -2.32. The summed E-state index contributed by atoms with van der Waals surface area (Å²) in [7, 11) is 0. The number of aromatic carboxylic acids is 2. The van der Waals surface area contributed by atoms with Gasteiger partial charge in [-0.1, -0.05) is 6.07 Å². The van der Waals surface area contributed by atoms with Crippen molar-refractivity contribution < 1.29 is 65.4 Å². The van der Waals surface area contributed by atoms with E-state index in [4.69, 9.17) is 10.8 Å². The molecule has 0 aliphatic rings. The van der Waals surface area contributed by atoms with Crippen LogP contribution in [-0.4, -0.2) is 75.0 Å². The minimum absolute atomic E-state index is 0.205. The third kappa shape index (κ3) is 3.91. The van der Waals surface area contributed by atoms with Crippen LogP contribution in [0, 0.1) is 0 Å². The molecule has 4 aromatic carbocycles. The van der Waals surface area contributed by atoms with Gasteiger partial charge in [-0.2, -0.15) is 0 Å². The zero-order chi connectivity index (χ0) is 29.1. The number of hydrogen-bond donors (Lipinski definition) is 11. The van der Waals surface area contributed by atoms with Crippen LogP contribution >= 0.6 is 0 Å². The summed E-state index contributed by atoms with van der Waals surface area (Å²) in [5.74, 6) is -12.4. The molecule has 0 heterocycles. The van der Waals surface area contributed by atoms with Crippen molar-refractivity contribution in [3.05, 3.63) is 41.0 Å². The van der Waals surface area contributed by atoms with E-state index < -0.39 is 102 Å². The molecule has 1 unspecified atom stereocenters. The maximum atomic E-state index is 12.0. The van der Waals surface area contributed by atoms with Crippen molar-refractivity contribution in [2.45, 2.75) is 12.5 Å². The van der Waals surface area contributed by atoms with Crippen LogP contribution in [0.1, 0.15) is 26.3 Å². The van der Waals surface area contributed by atoms with Gasteiger partial charge in [-0.3, -0.25) is 4.79 Å². The number of aromatic hydroxyl groups is 7. The molecule has 14 nitrogen and oxygen atoms in total. The maximum absolute atomic E-state index is 12.0. The molecule has 0 aliphatic carbocycles. The van der Waals surface area contributed by atoms with E-state index in [1.165, 1.54) is 6.07 Å². The van der Waals surface area contributed by atoms with E-state index in [1.54, 1.807) is 0 Å². The lowest BCUT2D eigenvalue weighted by atomic mass is 9.89. The zero-order valence-corrected chi connectivity index (χ0v) is 19.4. The minimum atomic E-state index is -1.94. The number of nitrogens with two attached hydrogens (primary N) is 1. The summed E-state index contributed by atoms with van der Waals surface area (Å²) in [6.45, 7) is 0. The summed E-state index contributed by atoms with van der Waals surface area (Å²) < 4.78 is 0. The Hall–Kier alpha value is -5.63. The molecule has 0 aliphatic heterocycles. The summed E-state index contributed by atoms with van der Waals surface area (Å²) in [6, 6.07) is 2.74. The molecule has 0 saturated carbocycles. The van der Waals surface area contributed by atoms with Gasteiger partial charge in [0.15, 0.2) is 11.5 Å². The predicted molar refractivity (Wildman–Crippen MR) is 132 cm³/mol. The Kier molecular flexibility index (Phi) is 6.13. The van der Waals surface area contributed by atoms with Crippen LogP contribution < -0.4 is 5.73 Å². The van der Waals surface area contributed by atoms with Gasteiger partial charge in [-0.05, 0) is 30.2 Å². The third-order valence-electron chi connectivity index (χ3n) is 6.22. The number of phenols is 7. The van der Waals surface area contributed by atoms with Crippen LogP contribution in [0.2, 0.25) is 0 Å². The van der Waals surface area contributed by atoms with Crippen molar-refractivity contribution in [2.24, 2.45) is 5.73 Å². The van der Waals surface area contributed by atoms with E-state index in [9.17, 15) is 60.3 Å². The number of aliphatic carboxylic acids is 1. The van der Waals surface area contributed by atoms with Crippen molar-refractivity contribution >= 4 is 39.5 Å². The van der Waals surface area contributed by atoms with Crippen molar-refractivity contribution in [1.82, 2.24) is 0 Å². The van der Waals surface area contributed by atoms with E-state index in [0.29, 0.717) is 6.07 Å². The lowest BCUT2D eigenvalue weighted by Gasteiger charge is -2.19. The second kappa shape index (κ2) is 9.04. The van der Waals surface area contributed by atoms with Crippen LogP contribution in [0.15, 0.2) is 24.3 Å². The highest BCUT2D eigenvalue weighted by Gasteiger charge is 2.33. The van der Waals surface area contributed by atoms with Gasteiger partial charge in [0.25, 0.3) is 0 Å². The van der Waals surface area contributed by atoms with E-state index in [1.807, 2.05) is 0 Å². The fourth-order valence-corrected chi connectivity index (χ4v) is 4.47. The molecule has 0 aromatic heterocycles. The van der Waals surface area contributed by atoms with Gasteiger partial charge in [0.05, 0.1) is 21.9 Å². The molecule has 202 valence electrons. The number of hydrogen-bond acceptors (Lipinski definition) is 11. The summed E-state index contributed by atoms with van der Waals surface area (Å²) in [5.41, 5.74) is 2.34. The number of benzene rings is 4. The molecule has 0 amide bonds. The molecule has 12 N–H and O–H groups in total. The first-order valence-corrected chi connectivity index (χ1v) is 10.8. The van der Waals surface area contributed by atoms with Crippen molar-refractivity contribution in [3.63, 3.8) is 0 Å². The Bertz CT molecular complexity index is 1760. The van der Waals surface area contributed by atoms with Gasteiger partial charge < -0.3 is 56.8 Å². The Morgan fingerprint density at radius 1 is 0.667 bits per heavy atom. The number of rotatable bonds is 6. The molecule has 4 rings (SSSR count). The van der Waals surface area contributed by atoms with Gasteiger partial charge in [0.2, 0.25) is 0 Å². The van der Waals surface area contributed by atoms with Crippen LogP contribution in [-0.2, 0) is 11.2 Å².